The summed E-state index contributed by atoms with van der Waals surface area (Å²) in [7, 11) is 0. The van der Waals surface area contributed by atoms with Crippen LogP contribution < -0.4 is 0 Å². The van der Waals surface area contributed by atoms with Crippen molar-refractivity contribution in [3.8, 4) is 11.3 Å². The highest BCUT2D eigenvalue weighted by Gasteiger charge is 2.16. The minimum Gasteiger partial charge on any atom is -0.236 e. The molecular formula is C16H19ClN2. The Hall–Kier alpha value is -1.41. The van der Waals surface area contributed by atoms with E-state index in [1.54, 1.807) is 0 Å². The minimum atomic E-state index is 0.296. The molecule has 0 saturated heterocycles. The molecule has 2 rings (SSSR count). The molecule has 1 heterocycles. The van der Waals surface area contributed by atoms with E-state index < -0.39 is 0 Å². The average molecular weight is 275 g/mol. The van der Waals surface area contributed by atoms with E-state index in [-0.39, 0.29) is 0 Å². The second-order valence-electron chi connectivity index (χ2n) is 5.33. The molecule has 100 valence electrons. The molecule has 2 nitrogen and oxygen atoms in total. The molecule has 2 aromatic rings. The zero-order valence-corrected chi connectivity index (χ0v) is 12.8. The van der Waals surface area contributed by atoms with Crippen LogP contribution in [0.4, 0.5) is 0 Å². The Morgan fingerprint density at radius 2 is 1.58 bits per heavy atom. The van der Waals surface area contributed by atoms with Crippen LogP contribution in [0.1, 0.15) is 42.0 Å². The van der Waals surface area contributed by atoms with Crippen molar-refractivity contribution in [3.05, 3.63) is 45.9 Å². The molecular weight excluding hydrogens is 256 g/mol. The van der Waals surface area contributed by atoms with Gasteiger partial charge in [-0.3, -0.25) is 0 Å². The van der Waals surface area contributed by atoms with E-state index in [0.717, 1.165) is 16.8 Å². The Morgan fingerprint density at radius 3 is 2.21 bits per heavy atom. The third-order valence-corrected chi connectivity index (χ3v) is 3.81. The summed E-state index contributed by atoms with van der Waals surface area (Å²) in [5, 5.41) is 0.553. The van der Waals surface area contributed by atoms with E-state index in [0.29, 0.717) is 11.1 Å². The van der Waals surface area contributed by atoms with Crippen LogP contribution >= 0.6 is 11.6 Å². The molecule has 0 unspecified atom stereocenters. The first-order chi connectivity index (χ1) is 8.91. The molecule has 0 spiro atoms. The van der Waals surface area contributed by atoms with Crippen molar-refractivity contribution in [3.63, 3.8) is 0 Å². The van der Waals surface area contributed by atoms with Crippen molar-refractivity contribution in [2.24, 2.45) is 0 Å². The van der Waals surface area contributed by atoms with Gasteiger partial charge in [-0.2, -0.15) is 0 Å². The molecule has 0 aliphatic heterocycles. The van der Waals surface area contributed by atoms with Gasteiger partial charge in [0.1, 0.15) is 11.5 Å². The second kappa shape index (κ2) is 5.30. The van der Waals surface area contributed by atoms with Crippen LogP contribution in [0.2, 0.25) is 5.15 Å². The first-order valence-electron chi connectivity index (χ1n) is 6.50. The third-order valence-electron chi connectivity index (χ3n) is 3.51. The quantitative estimate of drug-likeness (QED) is 0.732. The van der Waals surface area contributed by atoms with Crippen LogP contribution in [0.3, 0.4) is 0 Å². The summed E-state index contributed by atoms with van der Waals surface area (Å²) in [5.41, 5.74) is 6.92. The van der Waals surface area contributed by atoms with Crippen molar-refractivity contribution < 1.29 is 0 Å². The van der Waals surface area contributed by atoms with Crippen molar-refractivity contribution in [1.82, 2.24) is 9.97 Å². The van der Waals surface area contributed by atoms with Crippen LogP contribution in [-0.4, -0.2) is 9.97 Å². The molecule has 3 heteroatoms. The maximum absolute atomic E-state index is 6.25. The fourth-order valence-electron chi connectivity index (χ4n) is 2.32. The molecule has 0 amide bonds. The lowest BCUT2D eigenvalue weighted by Gasteiger charge is -2.16. The van der Waals surface area contributed by atoms with Gasteiger partial charge in [0.15, 0.2) is 0 Å². The maximum atomic E-state index is 6.25. The van der Waals surface area contributed by atoms with Gasteiger partial charge in [-0.1, -0.05) is 31.5 Å². The standard InChI is InChI=1S/C16H19ClN2/c1-9(2)14-15(18-8-19-16(14)17)13-7-11(4)10(3)6-12(13)5/h6-9H,1-5H3. The Kier molecular flexibility index (Phi) is 3.91. The smallest absolute Gasteiger partial charge is 0.136 e. The van der Waals surface area contributed by atoms with E-state index in [4.69, 9.17) is 11.6 Å². The summed E-state index contributed by atoms with van der Waals surface area (Å²) >= 11 is 6.25. The number of aromatic nitrogens is 2. The Labute approximate surface area is 119 Å². The lowest BCUT2D eigenvalue weighted by molar-refractivity contribution is 0.849. The fraction of sp³-hybridized carbons (Fsp3) is 0.375. The van der Waals surface area contributed by atoms with Crippen molar-refractivity contribution >= 4 is 11.6 Å². The van der Waals surface area contributed by atoms with Gasteiger partial charge in [0.05, 0.1) is 5.69 Å². The first-order valence-corrected chi connectivity index (χ1v) is 6.88. The number of hydrogen-bond acceptors (Lipinski definition) is 2. The highest BCUT2D eigenvalue weighted by molar-refractivity contribution is 6.30. The lowest BCUT2D eigenvalue weighted by Crippen LogP contribution is -2.01. The summed E-state index contributed by atoms with van der Waals surface area (Å²) in [6, 6.07) is 4.39. The Bertz CT molecular complexity index is 618. The normalized spacial score (nSPS) is 11.1. The van der Waals surface area contributed by atoms with Crippen LogP contribution in [0.5, 0.6) is 0 Å². The van der Waals surface area contributed by atoms with Gasteiger partial charge in [-0.25, -0.2) is 9.97 Å². The highest BCUT2D eigenvalue weighted by Crippen LogP contribution is 2.34. The van der Waals surface area contributed by atoms with Gasteiger partial charge in [0.25, 0.3) is 0 Å². The lowest BCUT2D eigenvalue weighted by atomic mass is 9.93. The van der Waals surface area contributed by atoms with Gasteiger partial charge < -0.3 is 0 Å². The van der Waals surface area contributed by atoms with Crippen LogP contribution in [-0.2, 0) is 0 Å². The predicted octanol–water partition coefficient (Wildman–Crippen LogP) is 4.85. The number of rotatable bonds is 2. The zero-order chi connectivity index (χ0) is 14.2. The molecule has 0 fully saturated rings. The number of aryl methyl sites for hydroxylation is 3. The molecule has 0 N–H and O–H groups in total. The molecule has 0 bridgehead atoms. The summed E-state index contributed by atoms with van der Waals surface area (Å²) < 4.78 is 0. The van der Waals surface area contributed by atoms with E-state index in [2.05, 4.69) is 56.7 Å². The maximum Gasteiger partial charge on any atom is 0.136 e. The monoisotopic (exact) mass is 274 g/mol. The minimum absolute atomic E-state index is 0.296. The summed E-state index contributed by atoms with van der Waals surface area (Å²) in [5.74, 6) is 0.296. The molecule has 0 aliphatic carbocycles. The molecule has 1 aromatic carbocycles. The van der Waals surface area contributed by atoms with E-state index in [9.17, 15) is 0 Å². The molecule has 0 aliphatic rings. The van der Waals surface area contributed by atoms with Crippen LogP contribution in [0, 0.1) is 20.8 Å². The van der Waals surface area contributed by atoms with Crippen molar-refractivity contribution in [2.45, 2.75) is 40.5 Å². The molecule has 19 heavy (non-hydrogen) atoms. The summed E-state index contributed by atoms with van der Waals surface area (Å²) in [4.78, 5) is 8.58. The molecule has 0 atom stereocenters. The zero-order valence-electron chi connectivity index (χ0n) is 12.1. The van der Waals surface area contributed by atoms with E-state index in [1.807, 2.05) is 0 Å². The summed E-state index contributed by atoms with van der Waals surface area (Å²) in [6.45, 7) is 10.6. The SMILES string of the molecule is Cc1cc(C)c(-c2ncnc(Cl)c2C(C)C)cc1C. The molecule has 0 saturated carbocycles. The van der Waals surface area contributed by atoms with Gasteiger partial charge >= 0.3 is 0 Å². The Balaban J connectivity index is 2.72. The van der Waals surface area contributed by atoms with Crippen LogP contribution in [0.15, 0.2) is 18.5 Å². The number of hydrogen-bond donors (Lipinski definition) is 0. The Morgan fingerprint density at radius 1 is 0.947 bits per heavy atom. The molecule has 0 radical (unpaired) electrons. The van der Waals surface area contributed by atoms with Crippen molar-refractivity contribution in [2.75, 3.05) is 0 Å². The topological polar surface area (TPSA) is 25.8 Å². The average Bonchev–Trinajstić information content (AvgIpc) is 2.33. The largest absolute Gasteiger partial charge is 0.236 e. The summed E-state index contributed by atoms with van der Waals surface area (Å²) in [6.07, 6.45) is 1.54. The first kappa shape index (κ1) is 14.0. The van der Waals surface area contributed by atoms with Gasteiger partial charge in [-0.05, 0) is 49.4 Å². The van der Waals surface area contributed by atoms with Crippen molar-refractivity contribution in [1.29, 1.82) is 0 Å². The van der Waals surface area contributed by atoms with Gasteiger partial charge in [-0.15, -0.1) is 0 Å². The van der Waals surface area contributed by atoms with E-state index >= 15 is 0 Å². The van der Waals surface area contributed by atoms with E-state index in [1.165, 1.54) is 23.0 Å². The van der Waals surface area contributed by atoms with Gasteiger partial charge in [0.2, 0.25) is 0 Å². The number of nitrogens with zero attached hydrogens (tertiary/aromatic N) is 2. The predicted molar refractivity (Wildman–Crippen MR) is 80.8 cm³/mol. The van der Waals surface area contributed by atoms with Crippen LogP contribution in [0.25, 0.3) is 11.3 Å². The third kappa shape index (κ3) is 2.64. The van der Waals surface area contributed by atoms with Gasteiger partial charge in [0, 0.05) is 11.1 Å². The fourth-order valence-corrected chi connectivity index (χ4v) is 2.67. The second-order valence-corrected chi connectivity index (χ2v) is 5.69. The number of benzene rings is 1. The molecule has 1 aromatic heterocycles. The number of halogens is 1. The highest BCUT2D eigenvalue weighted by atomic mass is 35.5.